The highest BCUT2D eigenvalue weighted by Gasteiger charge is 2.31. The second kappa shape index (κ2) is 3.23. The van der Waals surface area contributed by atoms with Crippen molar-refractivity contribution in [2.45, 2.75) is 25.7 Å². The zero-order valence-corrected chi connectivity index (χ0v) is 8.11. The maximum absolute atomic E-state index is 13.2. The zero-order valence-electron chi connectivity index (χ0n) is 8.11. The van der Waals surface area contributed by atoms with Crippen LogP contribution in [0, 0.1) is 6.92 Å². The van der Waals surface area contributed by atoms with E-state index in [4.69, 9.17) is 0 Å². The molecule has 3 heteroatoms. The van der Waals surface area contributed by atoms with Gasteiger partial charge in [0.25, 0.3) is 5.92 Å². The van der Waals surface area contributed by atoms with Crippen molar-refractivity contribution in [2.75, 3.05) is 11.9 Å². The second-order valence-corrected chi connectivity index (χ2v) is 3.87. The van der Waals surface area contributed by atoms with Crippen LogP contribution in [0.1, 0.15) is 17.5 Å². The van der Waals surface area contributed by atoms with Gasteiger partial charge in [0.2, 0.25) is 0 Å². The molecule has 0 atom stereocenters. The van der Waals surface area contributed by atoms with E-state index in [0.717, 1.165) is 16.8 Å². The minimum Gasteiger partial charge on any atom is -0.385 e. The van der Waals surface area contributed by atoms with Gasteiger partial charge in [-0.15, -0.1) is 0 Å². The maximum Gasteiger partial charge on any atom is 0.253 e. The van der Waals surface area contributed by atoms with Gasteiger partial charge < -0.3 is 5.32 Å². The van der Waals surface area contributed by atoms with Crippen molar-refractivity contribution in [3.63, 3.8) is 0 Å². The Morgan fingerprint density at radius 1 is 1.36 bits per heavy atom. The number of benzene rings is 1. The fourth-order valence-corrected chi connectivity index (χ4v) is 1.76. The molecule has 0 fully saturated rings. The zero-order chi connectivity index (χ0) is 10.2. The number of hydrogen-bond donors (Lipinski definition) is 1. The Kier molecular flexibility index (Phi) is 2.17. The van der Waals surface area contributed by atoms with Gasteiger partial charge in [0.1, 0.15) is 0 Å². The minimum absolute atomic E-state index is 0.0826. The minimum atomic E-state index is -2.56. The molecule has 0 spiro atoms. The normalized spacial score (nSPS) is 19.4. The van der Waals surface area contributed by atoms with E-state index >= 15 is 0 Å². The van der Waals surface area contributed by atoms with Crippen molar-refractivity contribution in [1.82, 2.24) is 0 Å². The number of halogens is 2. The summed E-state index contributed by atoms with van der Waals surface area (Å²) in [5.41, 5.74) is 2.68. The van der Waals surface area contributed by atoms with E-state index in [2.05, 4.69) is 5.32 Å². The number of hydrogen-bond acceptors (Lipinski definition) is 1. The molecular formula is C11H13F2N. The lowest BCUT2D eigenvalue weighted by molar-refractivity contribution is -0.00195. The van der Waals surface area contributed by atoms with Gasteiger partial charge in [-0.3, -0.25) is 0 Å². The summed E-state index contributed by atoms with van der Waals surface area (Å²) in [6.45, 7) is 2.31. The number of rotatable bonds is 0. The van der Waals surface area contributed by atoms with Crippen LogP contribution in [0.2, 0.25) is 0 Å². The highest BCUT2D eigenvalue weighted by molar-refractivity contribution is 5.54. The molecule has 0 bridgehead atoms. The van der Waals surface area contributed by atoms with Crippen molar-refractivity contribution in [3.8, 4) is 0 Å². The predicted octanol–water partition coefficient (Wildman–Crippen LogP) is 2.99. The number of anilines is 1. The van der Waals surface area contributed by atoms with Crippen molar-refractivity contribution in [3.05, 3.63) is 29.3 Å². The van der Waals surface area contributed by atoms with E-state index in [-0.39, 0.29) is 12.8 Å². The van der Waals surface area contributed by atoms with Crippen LogP contribution in [0.3, 0.4) is 0 Å². The van der Waals surface area contributed by atoms with Crippen LogP contribution in [0.25, 0.3) is 0 Å². The quantitative estimate of drug-likeness (QED) is 0.674. The summed E-state index contributed by atoms with van der Waals surface area (Å²) in [5.74, 6) is -2.56. The van der Waals surface area contributed by atoms with E-state index in [1.54, 1.807) is 6.07 Å². The molecule has 1 aliphatic heterocycles. The van der Waals surface area contributed by atoms with Crippen molar-refractivity contribution >= 4 is 5.69 Å². The van der Waals surface area contributed by atoms with Crippen LogP contribution in [-0.4, -0.2) is 12.5 Å². The van der Waals surface area contributed by atoms with Crippen molar-refractivity contribution in [1.29, 1.82) is 0 Å². The molecule has 1 heterocycles. The lowest BCUT2D eigenvalue weighted by atomic mass is 10.0. The first-order chi connectivity index (χ1) is 6.57. The summed E-state index contributed by atoms with van der Waals surface area (Å²) in [7, 11) is 0. The molecule has 0 aliphatic carbocycles. The van der Waals surface area contributed by atoms with Gasteiger partial charge in [0, 0.05) is 25.1 Å². The Labute approximate surface area is 82.1 Å². The average molecular weight is 197 g/mol. The van der Waals surface area contributed by atoms with Crippen LogP contribution in [0.5, 0.6) is 0 Å². The number of nitrogens with one attached hydrogen (secondary N) is 1. The van der Waals surface area contributed by atoms with Gasteiger partial charge in [-0.05, 0) is 24.1 Å². The third kappa shape index (κ3) is 1.86. The Bertz CT molecular complexity index is 347. The molecule has 0 radical (unpaired) electrons. The SMILES string of the molecule is Cc1ccc2c(c1)NCCC(F)(F)C2. The molecule has 0 aromatic heterocycles. The lowest BCUT2D eigenvalue weighted by Gasteiger charge is -2.12. The Morgan fingerprint density at radius 3 is 2.93 bits per heavy atom. The molecule has 2 rings (SSSR count). The standard InChI is InChI=1S/C11H13F2N/c1-8-2-3-9-7-11(12,13)4-5-14-10(9)6-8/h2-3,6,14H,4-5,7H2,1H3. The molecule has 1 nitrogen and oxygen atoms in total. The predicted molar refractivity (Wildman–Crippen MR) is 52.9 cm³/mol. The number of fused-ring (bicyclic) bond motifs is 1. The fraction of sp³-hybridized carbons (Fsp3) is 0.455. The molecule has 0 saturated heterocycles. The van der Waals surface area contributed by atoms with Gasteiger partial charge in [-0.2, -0.15) is 0 Å². The van der Waals surface area contributed by atoms with E-state index < -0.39 is 5.92 Å². The number of aryl methyl sites for hydroxylation is 1. The monoisotopic (exact) mass is 197 g/mol. The number of alkyl halides is 2. The molecular weight excluding hydrogens is 184 g/mol. The third-order valence-electron chi connectivity index (χ3n) is 2.52. The molecule has 1 aromatic rings. The average Bonchev–Trinajstić information content (AvgIpc) is 2.22. The third-order valence-corrected chi connectivity index (χ3v) is 2.52. The molecule has 1 aromatic carbocycles. The summed E-state index contributed by atoms with van der Waals surface area (Å²) in [6, 6.07) is 5.59. The molecule has 1 aliphatic rings. The fourth-order valence-electron chi connectivity index (χ4n) is 1.76. The van der Waals surface area contributed by atoms with Crippen LogP contribution >= 0.6 is 0 Å². The van der Waals surface area contributed by atoms with E-state index in [1.165, 1.54) is 0 Å². The van der Waals surface area contributed by atoms with Crippen LogP contribution in [0.4, 0.5) is 14.5 Å². The first kappa shape index (κ1) is 9.44. The topological polar surface area (TPSA) is 12.0 Å². The maximum atomic E-state index is 13.2. The summed E-state index contributed by atoms with van der Waals surface area (Å²) in [6.07, 6.45) is -0.226. The van der Waals surface area contributed by atoms with Crippen LogP contribution in [0.15, 0.2) is 18.2 Å². The highest BCUT2D eigenvalue weighted by atomic mass is 19.3. The summed E-state index contributed by atoms with van der Waals surface area (Å²) in [5, 5.41) is 3.04. The van der Waals surface area contributed by atoms with Gasteiger partial charge >= 0.3 is 0 Å². The summed E-state index contributed by atoms with van der Waals surface area (Å²) < 4.78 is 26.4. The van der Waals surface area contributed by atoms with Crippen molar-refractivity contribution in [2.24, 2.45) is 0 Å². The Morgan fingerprint density at radius 2 is 2.14 bits per heavy atom. The largest absolute Gasteiger partial charge is 0.385 e. The molecule has 0 saturated carbocycles. The first-order valence-electron chi connectivity index (χ1n) is 4.78. The van der Waals surface area contributed by atoms with Crippen LogP contribution < -0.4 is 5.32 Å². The van der Waals surface area contributed by atoms with Gasteiger partial charge in [-0.25, -0.2) is 8.78 Å². The molecule has 0 amide bonds. The van der Waals surface area contributed by atoms with E-state index in [1.807, 2.05) is 19.1 Å². The Balaban J connectivity index is 2.37. The first-order valence-corrected chi connectivity index (χ1v) is 4.78. The van der Waals surface area contributed by atoms with E-state index in [0.29, 0.717) is 6.54 Å². The highest BCUT2D eigenvalue weighted by Crippen LogP contribution is 2.31. The second-order valence-electron chi connectivity index (χ2n) is 3.87. The van der Waals surface area contributed by atoms with Crippen molar-refractivity contribution < 1.29 is 8.78 Å². The smallest absolute Gasteiger partial charge is 0.253 e. The van der Waals surface area contributed by atoms with Gasteiger partial charge in [0.05, 0.1) is 0 Å². The Hall–Kier alpha value is -1.12. The molecule has 76 valence electrons. The van der Waals surface area contributed by atoms with Gasteiger partial charge in [-0.1, -0.05) is 12.1 Å². The molecule has 0 unspecified atom stereocenters. The molecule has 14 heavy (non-hydrogen) atoms. The summed E-state index contributed by atoms with van der Waals surface area (Å²) in [4.78, 5) is 0. The van der Waals surface area contributed by atoms with E-state index in [9.17, 15) is 8.78 Å². The van der Waals surface area contributed by atoms with Crippen LogP contribution in [-0.2, 0) is 6.42 Å². The molecule has 1 N–H and O–H groups in total. The van der Waals surface area contributed by atoms with Gasteiger partial charge in [0.15, 0.2) is 0 Å². The lowest BCUT2D eigenvalue weighted by Crippen LogP contribution is -2.19. The summed E-state index contributed by atoms with van der Waals surface area (Å²) >= 11 is 0.